The molecule has 0 spiro atoms. The van der Waals surface area contributed by atoms with Gasteiger partial charge in [0.2, 0.25) is 0 Å². The van der Waals surface area contributed by atoms with Crippen molar-refractivity contribution in [2.75, 3.05) is 6.61 Å². The quantitative estimate of drug-likeness (QED) is 0.546. The lowest BCUT2D eigenvalue weighted by atomic mass is 9.82. The third-order valence-corrected chi connectivity index (χ3v) is 5.75. The van der Waals surface area contributed by atoms with Crippen LogP contribution >= 0.6 is 0 Å². The maximum atomic E-state index is 13.2. The van der Waals surface area contributed by atoms with Gasteiger partial charge in [0, 0.05) is 0 Å². The standard InChI is InChI=1S/C22H22F6O2/c1-14(2)16-10-9-15-7-3-4-8-17(15)18(16)19(11-5-6-12-19)30-13-20(29,21(23,24)25)22(26,27)28/h3-4,7-10,29H,1,5-6,11-13H2,2H3. The molecule has 2 aromatic rings. The molecule has 1 N–H and O–H groups in total. The summed E-state index contributed by atoms with van der Waals surface area (Å²) in [7, 11) is 0. The van der Waals surface area contributed by atoms with Gasteiger partial charge in [-0.2, -0.15) is 26.3 Å². The molecule has 1 aliphatic rings. The number of halogens is 6. The molecule has 1 saturated carbocycles. The number of allylic oxidation sites excluding steroid dienone is 1. The molecule has 1 aliphatic carbocycles. The molecule has 0 radical (unpaired) electrons. The highest BCUT2D eigenvalue weighted by molar-refractivity contribution is 5.91. The predicted molar refractivity (Wildman–Crippen MR) is 102 cm³/mol. The number of alkyl halides is 6. The number of hydrogen-bond donors (Lipinski definition) is 1. The molecular formula is C22H22F6O2. The Morgan fingerprint density at radius 3 is 2.10 bits per heavy atom. The van der Waals surface area contributed by atoms with E-state index in [2.05, 4.69) is 6.58 Å². The van der Waals surface area contributed by atoms with E-state index < -0.39 is 30.2 Å². The predicted octanol–water partition coefficient (Wildman–Crippen LogP) is 6.51. The van der Waals surface area contributed by atoms with E-state index in [9.17, 15) is 31.4 Å². The Hall–Kier alpha value is -2.06. The van der Waals surface area contributed by atoms with Crippen LogP contribution in [0.15, 0.2) is 43.0 Å². The van der Waals surface area contributed by atoms with Crippen LogP contribution in [0.2, 0.25) is 0 Å². The van der Waals surface area contributed by atoms with Crippen molar-refractivity contribution in [2.45, 2.75) is 56.2 Å². The summed E-state index contributed by atoms with van der Waals surface area (Å²) in [5.41, 5.74) is -4.58. The van der Waals surface area contributed by atoms with Gasteiger partial charge in [0.25, 0.3) is 5.60 Å². The maximum Gasteiger partial charge on any atom is 0.428 e. The zero-order chi connectivity index (χ0) is 22.4. The van der Waals surface area contributed by atoms with Crippen molar-refractivity contribution >= 4 is 16.3 Å². The summed E-state index contributed by atoms with van der Waals surface area (Å²) >= 11 is 0. The molecule has 1 fully saturated rings. The number of ether oxygens (including phenoxy) is 1. The number of aliphatic hydroxyl groups is 1. The van der Waals surface area contributed by atoms with Crippen LogP contribution in [0.25, 0.3) is 16.3 Å². The average Bonchev–Trinajstić information content (AvgIpc) is 3.13. The van der Waals surface area contributed by atoms with Crippen LogP contribution in [-0.2, 0) is 10.3 Å². The molecule has 3 rings (SSSR count). The van der Waals surface area contributed by atoms with Gasteiger partial charge in [0.05, 0.1) is 12.2 Å². The smallest absolute Gasteiger partial charge is 0.372 e. The van der Waals surface area contributed by atoms with E-state index in [0.717, 1.165) is 5.39 Å². The fourth-order valence-corrected chi connectivity index (χ4v) is 4.10. The third-order valence-electron chi connectivity index (χ3n) is 5.75. The maximum absolute atomic E-state index is 13.2. The van der Waals surface area contributed by atoms with Crippen LogP contribution in [0, 0.1) is 0 Å². The Kier molecular flexibility index (Phi) is 5.71. The summed E-state index contributed by atoms with van der Waals surface area (Å²) in [5, 5.41) is 11.1. The van der Waals surface area contributed by atoms with Gasteiger partial charge in [-0.1, -0.05) is 61.4 Å². The summed E-state index contributed by atoms with van der Waals surface area (Å²) in [4.78, 5) is 0. The van der Waals surface area contributed by atoms with E-state index in [1.807, 2.05) is 12.1 Å². The highest BCUT2D eigenvalue weighted by Gasteiger charge is 2.71. The van der Waals surface area contributed by atoms with E-state index >= 15 is 0 Å². The van der Waals surface area contributed by atoms with Gasteiger partial charge in [-0.25, -0.2) is 0 Å². The lowest BCUT2D eigenvalue weighted by Crippen LogP contribution is -2.60. The molecular weight excluding hydrogens is 410 g/mol. The summed E-state index contributed by atoms with van der Waals surface area (Å²) in [5.74, 6) is 0. The first kappa shape index (κ1) is 22.6. The summed E-state index contributed by atoms with van der Waals surface area (Å²) < 4.78 is 84.6. The third kappa shape index (κ3) is 3.71. The topological polar surface area (TPSA) is 29.5 Å². The lowest BCUT2D eigenvalue weighted by molar-refractivity contribution is -0.383. The number of rotatable bonds is 5. The molecule has 2 nitrogen and oxygen atoms in total. The van der Waals surface area contributed by atoms with Crippen molar-refractivity contribution in [3.63, 3.8) is 0 Å². The van der Waals surface area contributed by atoms with Gasteiger partial charge in [-0.15, -0.1) is 0 Å². The highest BCUT2D eigenvalue weighted by atomic mass is 19.4. The van der Waals surface area contributed by atoms with Crippen LogP contribution in [0.1, 0.15) is 43.7 Å². The Labute approximate surface area is 170 Å². The highest BCUT2D eigenvalue weighted by Crippen LogP contribution is 2.50. The second-order valence-corrected chi connectivity index (χ2v) is 7.84. The number of fused-ring (bicyclic) bond motifs is 1. The zero-order valence-corrected chi connectivity index (χ0v) is 16.3. The molecule has 164 valence electrons. The Morgan fingerprint density at radius 1 is 1.00 bits per heavy atom. The average molecular weight is 432 g/mol. The van der Waals surface area contributed by atoms with Gasteiger partial charge < -0.3 is 9.84 Å². The van der Waals surface area contributed by atoms with E-state index in [-0.39, 0.29) is 12.8 Å². The minimum Gasteiger partial charge on any atom is -0.372 e. The number of benzene rings is 2. The number of hydrogen-bond acceptors (Lipinski definition) is 2. The van der Waals surface area contributed by atoms with Crippen LogP contribution in [-0.4, -0.2) is 29.7 Å². The van der Waals surface area contributed by atoms with Crippen molar-refractivity contribution in [1.29, 1.82) is 0 Å². The molecule has 30 heavy (non-hydrogen) atoms. The molecule has 0 atom stereocenters. The van der Waals surface area contributed by atoms with Crippen molar-refractivity contribution in [3.05, 3.63) is 54.1 Å². The summed E-state index contributed by atoms with van der Waals surface area (Å²) in [6, 6.07) is 10.7. The van der Waals surface area contributed by atoms with Crippen molar-refractivity contribution in [1.82, 2.24) is 0 Å². The second kappa shape index (κ2) is 7.57. The van der Waals surface area contributed by atoms with Gasteiger partial charge in [0.15, 0.2) is 0 Å². The van der Waals surface area contributed by atoms with Crippen LogP contribution in [0.3, 0.4) is 0 Å². The van der Waals surface area contributed by atoms with Gasteiger partial charge in [-0.05, 0) is 41.7 Å². The molecule has 0 bridgehead atoms. The molecule has 2 aromatic carbocycles. The van der Waals surface area contributed by atoms with Gasteiger partial charge in [-0.3, -0.25) is 0 Å². The fourth-order valence-electron chi connectivity index (χ4n) is 4.10. The van der Waals surface area contributed by atoms with Crippen molar-refractivity contribution in [2.24, 2.45) is 0 Å². The van der Waals surface area contributed by atoms with Crippen LogP contribution in [0.5, 0.6) is 0 Å². The SMILES string of the molecule is C=C(C)c1ccc2ccccc2c1C1(OCC(O)(C(F)(F)F)C(F)(F)F)CCCC1. The van der Waals surface area contributed by atoms with Crippen molar-refractivity contribution < 1.29 is 36.2 Å². The first-order valence-corrected chi connectivity index (χ1v) is 9.50. The monoisotopic (exact) mass is 432 g/mol. The Morgan fingerprint density at radius 2 is 1.57 bits per heavy atom. The van der Waals surface area contributed by atoms with E-state index in [0.29, 0.717) is 34.9 Å². The zero-order valence-electron chi connectivity index (χ0n) is 16.3. The minimum absolute atomic E-state index is 0.243. The largest absolute Gasteiger partial charge is 0.428 e. The molecule has 0 amide bonds. The van der Waals surface area contributed by atoms with Crippen LogP contribution in [0.4, 0.5) is 26.3 Å². The minimum atomic E-state index is -5.93. The van der Waals surface area contributed by atoms with E-state index in [1.54, 1.807) is 31.2 Å². The first-order valence-electron chi connectivity index (χ1n) is 9.50. The Bertz CT molecular complexity index is 925. The van der Waals surface area contributed by atoms with E-state index in [4.69, 9.17) is 4.74 Å². The van der Waals surface area contributed by atoms with Gasteiger partial charge >= 0.3 is 12.4 Å². The summed E-state index contributed by atoms with van der Waals surface area (Å²) in [6.07, 6.45) is -10.2. The molecule has 0 aromatic heterocycles. The van der Waals surface area contributed by atoms with Gasteiger partial charge in [0.1, 0.15) is 0 Å². The molecule has 0 heterocycles. The van der Waals surface area contributed by atoms with E-state index in [1.165, 1.54) is 0 Å². The summed E-state index contributed by atoms with van der Waals surface area (Å²) in [6.45, 7) is 3.71. The lowest BCUT2D eigenvalue weighted by Gasteiger charge is -2.38. The Balaban J connectivity index is 2.15. The molecule has 0 aliphatic heterocycles. The fraction of sp³-hybridized carbons (Fsp3) is 0.455. The normalized spacial score (nSPS) is 17.5. The first-order chi connectivity index (χ1) is 13.8. The molecule has 0 saturated heterocycles. The van der Waals surface area contributed by atoms with Crippen LogP contribution < -0.4 is 0 Å². The van der Waals surface area contributed by atoms with Crippen molar-refractivity contribution in [3.8, 4) is 0 Å². The molecule has 0 unspecified atom stereocenters. The second-order valence-electron chi connectivity index (χ2n) is 7.84. The molecule has 8 heteroatoms.